The van der Waals surface area contributed by atoms with Gasteiger partial charge in [-0.25, -0.2) is 0 Å². The summed E-state index contributed by atoms with van der Waals surface area (Å²) in [4.78, 5) is 22.3. The molecule has 0 heterocycles. The second kappa shape index (κ2) is 6.21. The van der Waals surface area contributed by atoms with Crippen molar-refractivity contribution in [3.63, 3.8) is 0 Å². The highest BCUT2D eigenvalue weighted by Crippen LogP contribution is 2.25. The van der Waals surface area contributed by atoms with Gasteiger partial charge >= 0.3 is 0 Å². The van der Waals surface area contributed by atoms with Crippen molar-refractivity contribution in [2.45, 2.75) is 0 Å². The number of rotatable bonds is 4. The van der Waals surface area contributed by atoms with Crippen LogP contribution >= 0.6 is 11.6 Å². The first-order chi connectivity index (χ1) is 10.0. The number of carbonyl (C=O) groups is 1. The molecule has 1 amide bonds. The second-order valence-electron chi connectivity index (χ2n) is 4.09. The third-order valence-corrected chi connectivity index (χ3v) is 2.97. The lowest BCUT2D eigenvalue weighted by Crippen LogP contribution is -2.14. The molecule has 8 heteroatoms. The summed E-state index contributed by atoms with van der Waals surface area (Å²) >= 11 is 5.75. The third-order valence-electron chi connectivity index (χ3n) is 2.71. The number of nitro groups is 1. The standard InChI is InChI=1S/C13H11ClN4O3/c14-9-2-4-10(5-3-9)16-13(19)8-1-6-12(18(20)21)11(7-8)17-15/h1-7,17H,15H2,(H,16,19). The first-order valence-corrected chi connectivity index (χ1v) is 6.21. The Hall–Kier alpha value is -2.64. The molecule has 0 spiro atoms. The zero-order valence-corrected chi connectivity index (χ0v) is 11.4. The molecule has 0 radical (unpaired) electrons. The molecule has 0 aliphatic heterocycles. The molecule has 0 aliphatic rings. The summed E-state index contributed by atoms with van der Waals surface area (Å²) in [6, 6.07) is 10.4. The van der Waals surface area contributed by atoms with E-state index in [1.807, 2.05) is 0 Å². The average Bonchev–Trinajstić information content (AvgIpc) is 2.48. The summed E-state index contributed by atoms with van der Waals surface area (Å²) in [7, 11) is 0. The van der Waals surface area contributed by atoms with Crippen LogP contribution in [0.15, 0.2) is 42.5 Å². The number of anilines is 2. The molecule has 0 saturated carbocycles. The predicted octanol–water partition coefficient (Wildman–Crippen LogP) is 2.79. The first kappa shape index (κ1) is 14.8. The quantitative estimate of drug-likeness (QED) is 0.457. The number of nitrogens with one attached hydrogen (secondary N) is 2. The Bertz CT molecular complexity index is 688. The summed E-state index contributed by atoms with van der Waals surface area (Å²) in [5.41, 5.74) is 2.86. The number of amides is 1. The number of halogens is 1. The lowest BCUT2D eigenvalue weighted by atomic mass is 10.1. The fourth-order valence-electron chi connectivity index (χ4n) is 1.69. The van der Waals surface area contributed by atoms with Gasteiger partial charge in [0, 0.05) is 22.3 Å². The number of nitrogen functional groups attached to an aromatic ring is 1. The number of carbonyl (C=O) groups excluding carboxylic acids is 1. The van der Waals surface area contributed by atoms with E-state index in [-0.39, 0.29) is 16.9 Å². The maximum Gasteiger partial charge on any atom is 0.293 e. The Balaban J connectivity index is 2.23. The zero-order valence-electron chi connectivity index (χ0n) is 10.7. The molecule has 2 aromatic rings. The van der Waals surface area contributed by atoms with Gasteiger partial charge in [-0.2, -0.15) is 0 Å². The van der Waals surface area contributed by atoms with E-state index in [0.717, 1.165) is 0 Å². The van der Waals surface area contributed by atoms with Crippen molar-refractivity contribution in [2.24, 2.45) is 5.84 Å². The summed E-state index contributed by atoms with van der Waals surface area (Å²) < 4.78 is 0. The predicted molar refractivity (Wildman–Crippen MR) is 80.3 cm³/mol. The molecule has 0 unspecified atom stereocenters. The molecule has 21 heavy (non-hydrogen) atoms. The van der Waals surface area contributed by atoms with E-state index in [1.165, 1.54) is 18.2 Å². The average molecular weight is 307 g/mol. The number of hydrogen-bond acceptors (Lipinski definition) is 5. The number of benzene rings is 2. The van der Waals surface area contributed by atoms with Crippen LogP contribution in [0.2, 0.25) is 5.02 Å². The number of nitrogens with zero attached hydrogens (tertiary/aromatic N) is 1. The Morgan fingerprint density at radius 2 is 1.86 bits per heavy atom. The Labute approximate surface area is 124 Å². The van der Waals surface area contributed by atoms with Crippen LogP contribution in [0, 0.1) is 10.1 Å². The van der Waals surface area contributed by atoms with Crippen molar-refractivity contribution in [1.82, 2.24) is 0 Å². The SMILES string of the molecule is NNc1cc(C(=O)Nc2ccc(Cl)cc2)ccc1[N+](=O)[O-]. The maximum absolute atomic E-state index is 12.1. The van der Waals surface area contributed by atoms with E-state index >= 15 is 0 Å². The molecule has 0 saturated heterocycles. The molecule has 4 N–H and O–H groups in total. The largest absolute Gasteiger partial charge is 0.322 e. The van der Waals surface area contributed by atoms with Gasteiger partial charge in [-0.1, -0.05) is 11.6 Å². The topological polar surface area (TPSA) is 110 Å². The molecular weight excluding hydrogens is 296 g/mol. The number of nitrogens with two attached hydrogens (primary N) is 1. The van der Waals surface area contributed by atoms with Crippen LogP contribution in [0.1, 0.15) is 10.4 Å². The van der Waals surface area contributed by atoms with Crippen molar-refractivity contribution in [3.05, 3.63) is 63.2 Å². The summed E-state index contributed by atoms with van der Waals surface area (Å²) in [6.07, 6.45) is 0. The lowest BCUT2D eigenvalue weighted by Gasteiger charge is -2.07. The normalized spacial score (nSPS) is 10.0. The van der Waals surface area contributed by atoms with Gasteiger partial charge in [0.05, 0.1) is 4.92 Å². The van der Waals surface area contributed by atoms with Gasteiger partial charge in [0.25, 0.3) is 11.6 Å². The van der Waals surface area contributed by atoms with Gasteiger partial charge in [0.15, 0.2) is 0 Å². The molecule has 7 nitrogen and oxygen atoms in total. The third kappa shape index (κ3) is 3.47. The van der Waals surface area contributed by atoms with Gasteiger partial charge in [-0.05, 0) is 36.4 Å². The molecule has 0 bridgehead atoms. The van der Waals surface area contributed by atoms with E-state index in [2.05, 4.69) is 10.7 Å². The van der Waals surface area contributed by atoms with Crippen LogP contribution < -0.4 is 16.6 Å². The molecule has 108 valence electrons. The fourth-order valence-corrected chi connectivity index (χ4v) is 1.81. The van der Waals surface area contributed by atoms with Gasteiger partial charge in [-0.15, -0.1) is 0 Å². The van der Waals surface area contributed by atoms with E-state index in [1.54, 1.807) is 24.3 Å². The fraction of sp³-hybridized carbons (Fsp3) is 0. The van der Waals surface area contributed by atoms with E-state index in [4.69, 9.17) is 17.4 Å². The van der Waals surface area contributed by atoms with Gasteiger partial charge < -0.3 is 10.7 Å². The minimum absolute atomic E-state index is 0.0590. The molecular formula is C13H11ClN4O3. The Morgan fingerprint density at radius 1 is 1.19 bits per heavy atom. The monoisotopic (exact) mass is 306 g/mol. The van der Waals surface area contributed by atoms with Crippen molar-refractivity contribution < 1.29 is 9.72 Å². The van der Waals surface area contributed by atoms with Crippen LogP contribution in [0.4, 0.5) is 17.1 Å². The van der Waals surface area contributed by atoms with Crippen LogP contribution in [0.5, 0.6) is 0 Å². The zero-order chi connectivity index (χ0) is 15.4. The molecule has 0 atom stereocenters. The second-order valence-corrected chi connectivity index (χ2v) is 4.53. The summed E-state index contributed by atoms with van der Waals surface area (Å²) in [5, 5.41) is 14.0. The minimum Gasteiger partial charge on any atom is -0.322 e. The van der Waals surface area contributed by atoms with Gasteiger partial charge in [-0.3, -0.25) is 20.8 Å². The minimum atomic E-state index is -0.587. The first-order valence-electron chi connectivity index (χ1n) is 5.83. The van der Waals surface area contributed by atoms with Crippen molar-refractivity contribution >= 4 is 34.6 Å². The smallest absolute Gasteiger partial charge is 0.293 e. The molecule has 0 aliphatic carbocycles. The molecule has 0 fully saturated rings. The van der Waals surface area contributed by atoms with Gasteiger partial charge in [0.2, 0.25) is 0 Å². The Kier molecular flexibility index (Phi) is 4.36. The lowest BCUT2D eigenvalue weighted by molar-refractivity contribution is -0.384. The highest BCUT2D eigenvalue weighted by Gasteiger charge is 2.16. The van der Waals surface area contributed by atoms with Crippen molar-refractivity contribution in [2.75, 3.05) is 10.7 Å². The van der Waals surface area contributed by atoms with Crippen molar-refractivity contribution in [3.8, 4) is 0 Å². The van der Waals surface area contributed by atoms with Gasteiger partial charge in [0.1, 0.15) is 5.69 Å². The highest BCUT2D eigenvalue weighted by molar-refractivity contribution is 6.30. The Morgan fingerprint density at radius 3 is 2.43 bits per heavy atom. The number of hydrogen-bond donors (Lipinski definition) is 3. The van der Waals surface area contributed by atoms with E-state index in [9.17, 15) is 14.9 Å². The molecule has 2 aromatic carbocycles. The molecule has 2 rings (SSSR count). The van der Waals surface area contributed by atoms with Crippen LogP contribution in [0.3, 0.4) is 0 Å². The van der Waals surface area contributed by atoms with Crippen molar-refractivity contribution in [1.29, 1.82) is 0 Å². The number of nitro benzene ring substituents is 1. The summed E-state index contributed by atoms with van der Waals surface area (Å²) in [6.45, 7) is 0. The van der Waals surface area contributed by atoms with E-state index < -0.39 is 10.8 Å². The van der Waals surface area contributed by atoms with E-state index in [0.29, 0.717) is 10.7 Å². The molecule has 0 aromatic heterocycles. The van der Waals surface area contributed by atoms with Crippen LogP contribution in [-0.4, -0.2) is 10.8 Å². The number of hydrazine groups is 1. The highest BCUT2D eigenvalue weighted by atomic mass is 35.5. The van der Waals surface area contributed by atoms with Crippen LogP contribution in [-0.2, 0) is 0 Å². The van der Waals surface area contributed by atoms with Crippen LogP contribution in [0.25, 0.3) is 0 Å². The maximum atomic E-state index is 12.1. The summed E-state index contributed by atoms with van der Waals surface area (Å²) in [5.74, 6) is 4.81.